The summed E-state index contributed by atoms with van der Waals surface area (Å²) >= 11 is 0. The zero-order valence-corrected chi connectivity index (χ0v) is 14.6. The minimum absolute atomic E-state index is 0. The maximum atomic E-state index is 3.67. The van der Waals surface area contributed by atoms with Gasteiger partial charge in [-0.05, 0) is 50.6 Å². The minimum Gasteiger partial charge on any atom is -0.316 e. The summed E-state index contributed by atoms with van der Waals surface area (Å²) in [6.07, 6.45) is 11.9. The second kappa shape index (κ2) is 15.6. The average molecular weight is 292 g/mol. The molecule has 0 heterocycles. The minimum atomic E-state index is 0. The first-order chi connectivity index (χ1) is 8.45. The summed E-state index contributed by atoms with van der Waals surface area (Å²) in [5, 5.41) is 3.67. The van der Waals surface area contributed by atoms with Gasteiger partial charge in [-0.15, -0.1) is 0 Å². The van der Waals surface area contributed by atoms with Crippen molar-refractivity contribution in [3.8, 4) is 0 Å². The van der Waals surface area contributed by atoms with Gasteiger partial charge >= 0.3 is 0 Å². The van der Waals surface area contributed by atoms with Crippen LogP contribution in [0.3, 0.4) is 0 Å². The van der Waals surface area contributed by atoms with Crippen molar-refractivity contribution in [2.24, 2.45) is 11.8 Å². The predicted molar refractivity (Wildman–Crippen MR) is 79.5 cm³/mol. The third kappa shape index (κ3) is 9.47. The van der Waals surface area contributed by atoms with E-state index in [9.17, 15) is 0 Å². The van der Waals surface area contributed by atoms with Crippen LogP contribution in [0, 0.1) is 11.8 Å². The standard InChI is InChI=1S/C12H23N.2C2H6.V/c1-2-6-11(5-1)9-13-10-12-7-3-4-8-12;2*1-2;/h11-13H,1-10H2;2*1-2H3;. The fraction of sp³-hybridized carbons (Fsp3) is 1.00. The zero-order valence-electron chi connectivity index (χ0n) is 13.2. The fourth-order valence-corrected chi connectivity index (χ4v) is 2.92. The first-order valence-electron chi connectivity index (χ1n) is 8.16. The summed E-state index contributed by atoms with van der Waals surface area (Å²) < 4.78 is 0. The topological polar surface area (TPSA) is 12.0 Å². The van der Waals surface area contributed by atoms with Crippen LogP contribution in [0.4, 0.5) is 0 Å². The van der Waals surface area contributed by atoms with E-state index in [4.69, 9.17) is 0 Å². The maximum absolute atomic E-state index is 3.67. The molecule has 0 aromatic carbocycles. The van der Waals surface area contributed by atoms with Crippen LogP contribution < -0.4 is 5.32 Å². The Morgan fingerprint density at radius 2 is 0.944 bits per heavy atom. The molecule has 0 aromatic heterocycles. The van der Waals surface area contributed by atoms with Gasteiger partial charge in [0.1, 0.15) is 0 Å². The molecular formula is C16H35NV. The molecule has 1 N–H and O–H groups in total. The normalized spacial score (nSPS) is 19.3. The third-order valence-corrected chi connectivity index (χ3v) is 3.82. The average Bonchev–Trinajstić information content (AvgIpc) is 3.07. The van der Waals surface area contributed by atoms with Crippen molar-refractivity contribution >= 4 is 0 Å². The molecule has 2 heteroatoms. The van der Waals surface area contributed by atoms with E-state index in [2.05, 4.69) is 5.32 Å². The van der Waals surface area contributed by atoms with Gasteiger partial charge in [0, 0.05) is 18.6 Å². The maximum Gasteiger partial charge on any atom is 0 e. The SMILES string of the molecule is C1CCC(CNCC2CCCC2)C1.CC.CC.[V]. The van der Waals surface area contributed by atoms with Gasteiger partial charge in [-0.1, -0.05) is 53.4 Å². The summed E-state index contributed by atoms with van der Waals surface area (Å²) in [6.45, 7) is 10.6. The second-order valence-corrected chi connectivity index (χ2v) is 4.96. The van der Waals surface area contributed by atoms with E-state index in [1.807, 2.05) is 27.7 Å². The van der Waals surface area contributed by atoms with E-state index >= 15 is 0 Å². The van der Waals surface area contributed by atoms with Crippen LogP contribution in [0.25, 0.3) is 0 Å². The Hall–Kier alpha value is 0.544. The van der Waals surface area contributed by atoms with Gasteiger partial charge in [-0.2, -0.15) is 0 Å². The van der Waals surface area contributed by atoms with E-state index in [1.165, 1.54) is 64.5 Å². The summed E-state index contributed by atoms with van der Waals surface area (Å²) in [6, 6.07) is 0. The summed E-state index contributed by atoms with van der Waals surface area (Å²) in [4.78, 5) is 0. The van der Waals surface area contributed by atoms with Crippen molar-refractivity contribution in [1.29, 1.82) is 0 Å². The van der Waals surface area contributed by atoms with Crippen LogP contribution in [0.15, 0.2) is 0 Å². The predicted octanol–water partition coefficient (Wildman–Crippen LogP) is 5.01. The van der Waals surface area contributed by atoms with E-state index < -0.39 is 0 Å². The van der Waals surface area contributed by atoms with Crippen LogP contribution >= 0.6 is 0 Å². The van der Waals surface area contributed by atoms with Crippen LogP contribution in [0.5, 0.6) is 0 Å². The second-order valence-electron chi connectivity index (χ2n) is 4.96. The first-order valence-corrected chi connectivity index (χ1v) is 8.16. The fourth-order valence-electron chi connectivity index (χ4n) is 2.92. The molecule has 1 nitrogen and oxygen atoms in total. The number of hydrogen-bond acceptors (Lipinski definition) is 1. The molecule has 109 valence electrons. The molecule has 0 bridgehead atoms. The molecule has 2 rings (SSSR count). The van der Waals surface area contributed by atoms with Crippen LogP contribution in [-0.2, 0) is 18.6 Å². The molecule has 0 spiro atoms. The molecule has 0 atom stereocenters. The Morgan fingerprint density at radius 3 is 1.22 bits per heavy atom. The Bertz CT molecular complexity index is 122. The molecular weight excluding hydrogens is 257 g/mol. The van der Waals surface area contributed by atoms with Gasteiger partial charge in [0.05, 0.1) is 0 Å². The quantitative estimate of drug-likeness (QED) is 0.768. The summed E-state index contributed by atoms with van der Waals surface area (Å²) in [7, 11) is 0. The molecule has 2 saturated carbocycles. The van der Waals surface area contributed by atoms with Crippen molar-refractivity contribution in [2.75, 3.05) is 13.1 Å². The molecule has 0 unspecified atom stereocenters. The first kappa shape index (κ1) is 20.9. The van der Waals surface area contributed by atoms with Crippen molar-refractivity contribution in [3.05, 3.63) is 0 Å². The summed E-state index contributed by atoms with van der Waals surface area (Å²) in [5.74, 6) is 2.03. The Labute approximate surface area is 128 Å². The molecule has 18 heavy (non-hydrogen) atoms. The number of hydrogen-bond donors (Lipinski definition) is 1. The van der Waals surface area contributed by atoms with Crippen LogP contribution in [0.1, 0.15) is 79.1 Å². The van der Waals surface area contributed by atoms with Gasteiger partial charge in [0.25, 0.3) is 0 Å². The van der Waals surface area contributed by atoms with Gasteiger partial charge in [0.15, 0.2) is 0 Å². The van der Waals surface area contributed by atoms with E-state index in [0.717, 1.165) is 11.8 Å². The molecule has 0 amide bonds. The molecule has 0 saturated heterocycles. The van der Waals surface area contributed by atoms with Crippen molar-refractivity contribution in [1.82, 2.24) is 5.32 Å². The smallest absolute Gasteiger partial charge is 0 e. The van der Waals surface area contributed by atoms with Crippen molar-refractivity contribution in [3.63, 3.8) is 0 Å². The van der Waals surface area contributed by atoms with E-state index in [0.29, 0.717) is 0 Å². The third-order valence-electron chi connectivity index (χ3n) is 3.82. The van der Waals surface area contributed by atoms with Gasteiger partial charge in [-0.3, -0.25) is 0 Å². The molecule has 2 aliphatic rings. The molecule has 2 aliphatic carbocycles. The summed E-state index contributed by atoms with van der Waals surface area (Å²) in [5.41, 5.74) is 0. The van der Waals surface area contributed by atoms with Gasteiger partial charge in [-0.25, -0.2) is 0 Å². The van der Waals surface area contributed by atoms with Crippen LogP contribution in [0.2, 0.25) is 0 Å². The van der Waals surface area contributed by atoms with Crippen LogP contribution in [-0.4, -0.2) is 13.1 Å². The number of rotatable bonds is 4. The zero-order chi connectivity index (χ0) is 12.9. The molecule has 0 aliphatic heterocycles. The van der Waals surface area contributed by atoms with Crippen molar-refractivity contribution in [2.45, 2.75) is 79.1 Å². The largest absolute Gasteiger partial charge is 0.316 e. The Balaban J connectivity index is 0. The Morgan fingerprint density at radius 1 is 0.667 bits per heavy atom. The van der Waals surface area contributed by atoms with E-state index in [1.54, 1.807) is 0 Å². The number of nitrogens with one attached hydrogen (secondary N) is 1. The Kier molecular flexibility index (Phi) is 18.1. The van der Waals surface area contributed by atoms with E-state index in [-0.39, 0.29) is 18.6 Å². The molecule has 2 fully saturated rings. The monoisotopic (exact) mass is 292 g/mol. The van der Waals surface area contributed by atoms with Crippen molar-refractivity contribution < 1.29 is 18.6 Å². The molecule has 1 radical (unpaired) electrons. The molecule has 0 aromatic rings. The van der Waals surface area contributed by atoms with Gasteiger partial charge < -0.3 is 5.32 Å². The van der Waals surface area contributed by atoms with Gasteiger partial charge in [0.2, 0.25) is 0 Å².